The standard InChI is InChI=1S/C13H23N3O3S/c1-11(2)9-15-3-5-16(6-4-15)20(18,19)13-7-12(10-17)14-8-13/h7-8,11,14,17H,3-6,9-10H2,1-2H3. The summed E-state index contributed by atoms with van der Waals surface area (Å²) < 4.78 is 26.4. The summed E-state index contributed by atoms with van der Waals surface area (Å²) >= 11 is 0. The van der Waals surface area contributed by atoms with Gasteiger partial charge < -0.3 is 15.0 Å². The minimum atomic E-state index is -3.44. The van der Waals surface area contributed by atoms with Crippen molar-refractivity contribution in [2.24, 2.45) is 5.92 Å². The fourth-order valence-corrected chi connectivity index (χ4v) is 3.92. The van der Waals surface area contributed by atoms with Crippen molar-refractivity contribution in [1.29, 1.82) is 0 Å². The smallest absolute Gasteiger partial charge is 0.244 e. The highest BCUT2D eigenvalue weighted by molar-refractivity contribution is 7.89. The first-order chi connectivity index (χ1) is 9.43. The van der Waals surface area contributed by atoms with Crippen LogP contribution in [0.4, 0.5) is 0 Å². The highest BCUT2D eigenvalue weighted by Crippen LogP contribution is 2.19. The SMILES string of the molecule is CC(C)CN1CCN(S(=O)(=O)c2c[nH]c(CO)c2)CC1. The number of aliphatic hydroxyl groups is 1. The maximum Gasteiger partial charge on any atom is 0.244 e. The van der Waals surface area contributed by atoms with Gasteiger partial charge in [-0.1, -0.05) is 13.8 Å². The molecule has 0 atom stereocenters. The third kappa shape index (κ3) is 3.41. The number of hydrogen-bond donors (Lipinski definition) is 2. The molecule has 0 aromatic carbocycles. The molecule has 2 rings (SSSR count). The Kier molecular flexibility index (Phi) is 4.85. The summed E-state index contributed by atoms with van der Waals surface area (Å²) in [4.78, 5) is 5.30. The van der Waals surface area contributed by atoms with E-state index in [0.717, 1.165) is 19.6 Å². The number of sulfonamides is 1. The van der Waals surface area contributed by atoms with Gasteiger partial charge in [0.05, 0.1) is 11.5 Å². The Labute approximate surface area is 120 Å². The van der Waals surface area contributed by atoms with Gasteiger partial charge in [-0.25, -0.2) is 8.42 Å². The molecule has 114 valence electrons. The van der Waals surface area contributed by atoms with Crippen molar-refractivity contribution in [2.75, 3.05) is 32.7 Å². The average molecular weight is 301 g/mol. The predicted molar refractivity (Wildman–Crippen MR) is 76.8 cm³/mol. The zero-order chi connectivity index (χ0) is 14.8. The molecule has 1 aromatic heterocycles. The second-order valence-corrected chi connectivity index (χ2v) is 7.56. The second-order valence-electron chi connectivity index (χ2n) is 5.62. The van der Waals surface area contributed by atoms with Crippen LogP contribution in [0.1, 0.15) is 19.5 Å². The molecule has 0 bridgehead atoms. The fourth-order valence-electron chi connectivity index (χ4n) is 2.48. The zero-order valence-corrected chi connectivity index (χ0v) is 12.9. The maximum absolute atomic E-state index is 12.5. The van der Waals surface area contributed by atoms with Gasteiger partial charge in [-0.05, 0) is 12.0 Å². The summed E-state index contributed by atoms with van der Waals surface area (Å²) in [5.74, 6) is 0.593. The van der Waals surface area contributed by atoms with Crippen LogP contribution in [0.3, 0.4) is 0 Å². The fraction of sp³-hybridized carbons (Fsp3) is 0.692. The quantitative estimate of drug-likeness (QED) is 0.829. The monoisotopic (exact) mass is 301 g/mol. The number of piperazine rings is 1. The van der Waals surface area contributed by atoms with Crippen molar-refractivity contribution in [2.45, 2.75) is 25.3 Å². The van der Waals surface area contributed by atoms with E-state index >= 15 is 0 Å². The lowest BCUT2D eigenvalue weighted by atomic mass is 10.2. The van der Waals surface area contributed by atoms with E-state index in [-0.39, 0.29) is 11.5 Å². The Balaban J connectivity index is 2.02. The van der Waals surface area contributed by atoms with Crippen LogP contribution in [0.5, 0.6) is 0 Å². The summed E-state index contributed by atoms with van der Waals surface area (Å²) in [7, 11) is -3.44. The van der Waals surface area contributed by atoms with E-state index in [4.69, 9.17) is 5.11 Å². The van der Waals surface area contributed by atoms with E-state index < -0.39 is 10.0 Å². The van der Waals surface area contributed by atoms with Crippen LogP contribution in [-0.4, -0.2) is 60.4 Å². The number of hydrogen-bond acceptors (Lipinski definition) is 4. The van der Waals surface area contributed by atoms with Gasteiger partial charge in [-0.15, -0.1) is 0 Å². The lowest BCUT2D eigenvalue weighted by Crippen LogP contribution is -2.49. The van der Waals surface area contributed by atoms with Crippen molar-refractivity contribution >= 4 is 10.0 Å². The molecule has 2 heterocycles. The molecule has 0 radical (unpaired) electrons. The number of aliphatic hydroxyl groups excluding tert-OH is 1. The van der Waals surface area contributed by atoms with Crippen LogP contribution in [0.15, 0.2) is 17.2 Å². The molecule has 6 nitrogen and oxygen atoms in total. The summed E-state index contributed by atoms with van der Waals surface area (Å²) in [5.41, 5.74) is 0.516. The van der Waals surface area contributed by atoms with E-state index in [0.29, 0.717) is 24.7 Å². The van der Waals surface area contributed by atoms with Gasteiger partial charge >= 0.3 is 0 Å². The molecule has 0 spiro atoms. The van der Waals surface area contributed by atoms with Gasteiger partial charge in [0.2, 0.25) is 10.0 Å². The molecule has 0 aliphatic carbocycles. The van der Waals surface area contributed by atoms with E-state index in [9.17, 15) is 8.42 Å². The van der Waals surface area contributed by atoms with Crippen molar-refractivity contribution in [3.05, 3.63) is 18.0 Å². The maximum atomic E-state index is 12.5. The van der Waals surface area contributed by atoms with E-state index in [1.165, 1.54) is 16.6 Å². The highest BCUT2D eigenvalue weighted by atomic mass is 32.2. The Hall–Kier alpha value is -0.890. The number of aromatic nitrogens is 1. The lowest BCUT2D eigenvalue weighted by Gasteiger charge is -2.34. The Bertz CT molecular complexity index is 531. The Morgan fingerprint density at radius 3 is 2.45 bits per heavy atom. The van der Waals surface area contributed by atoms with E-state index in [2.05, 4.69) is 23.7 Å². The molecule has 7 heteroatoms. The lowest BCUT2D eigenvalue weighted by molar-refractivity contribution is 0.172. The number of H-pyrrole nitrogens is 1. The highest BCUT2D eigenvalue weighted by Gasteiger charge is 2.29. The van der Waals surface area contributed by atoms with Crippen LogP contribution in [-0.2, 0) is 16.6 Å². The van der Waals surface area contributed by atoms with Gasteiger partial charge in [-0.3, -0.25) is 0 Å². The van der Waals surface area contributed by atoms with Crippen LogP contribution in [0.2, 0.25) is 0 Å². The third-order valence-electron chi connectivity index (χ3n) is 3.48. The first kappa shape index (κ1) is 15.5. The zero-order valence-electron chi connectivity index (χ0n) is 12.0. The molecule has 0 unspecified atom stereocenters. The topological polar surface area (TPSA) is 76.6 Å². The molecule has 1 aliphatic rings. The summed E-state index contributed by atoms with van der Waals surface area (Å²) in [6.07, 6.45) is 1.45. The average Bonchev–Trinajstić information content (AvgIpc) is 2.88. The summed E-state index contributed by atoms with van der Waals surface area (Å²) in [6, 6.07) is 1.50. The molecule has 20 heavy (non-hydrogen) atoms. The minimum absolute atomic E-state index is 0.183. The Morgan fingerprint density at radius 1 is 1.30 bits per heavy atom. The number of nitrogens with zero attached hydrogens (tertiary/aromatic N) is 2. The van der Waals surface area contributed by atoms with Crippen LogP contribution >= 0.6 is 0 Å². The first-order valence-corrected chi connectivity index (χ1v) is 8.38. The summed E-state index contributed by atoms with van der Waals surface area (Å²) in [5, 5.41) is 9.00. The van der Waals surface area contributed by atoms with E-state index in [1.807, 2.05) is 0 Å². The van der Waals surface area contributed by atoms with Gasteiger partial charge in [0.1, 0.15) is 0 Å². The molecule has 0 amide bonds. The predicted octanol–water partition coefficient (Wildman–Crippen LogP) is 0.469. The molecular weight excluding hydrogens is 278 g/mol. The number of aromatic amines is 1. The van der Waals surface area contributed by atoms with E-state index in [1.54, 1.807) is 0 Å². The largest absolute Gasteiger partial charge is 0.390 e. The van der Waals surface area contributed by atoms with Gasteiger partial charge in [-0.2, -0.15) is 4.31 Å². The van der Waals surface area contributed by atoms with Crippen molar-refractivity contribution in [1.82, 2.24) is 14.2 Å². The van der Waals surface area contributed by atoms with Crippen LogP contribution in [0, 0.1) is 5.92 Å². The summed E-state index contributed by atoms with van der Waals surface area (Å²) in [6.45, 7) is 7.75. The van der Waals surface area contributed by atoms with Gasteiger partial charge in [0.25, 0.3) is 0 Å². The van der Waals surface area contributed by atoms with Gasteiger partial charge in [0.15, 0.2) is 0 Å². The minimum Gasteiger partial charge on any atom is -0.390 e. The second kappa shape index (κ2) is 6.26. The van der Waals surface area contributed by atoms with Crippen molar-refractivity contribution in [3.63, 3.8) is 0 Å². The van der Waals surface area contributed by atoms with Gasteiger partial charge in [0, 0.05) is 44.6 Å². The number of rotatable bonds is 5. The van der Waals surface area contributed by atoms with Crippen LogP contribution < -0.4 is 0 Å². The Morgan fingerprint density at radius 2 is 1.95 bits per heavy atom. The van der Waals surface area contributed by atoms with Crippen LogP contribution in [0.25, 0.3) is 0 Å². The third-order valence-corrected chi connectivity index (χ3v) is 5.36. The molecule has 1 aliphatic heterocycles. The molecule has 1 fully saturated rings. The molecule has 1 saturated heterocycles. The number of nitrogens with one attached hydrogen (secondary N) is 1. The normalized spacial score (nSPS) is 18.8. The molecule has 1 aromatic rings. The van der Waals surface area contributed by atoms with Crippen molar-refractivity contribution < 1.29 is 13.5 Å². The molecule has 2 N–H and O–H groups in total. The molecule has 0 saturated carbocycles. The molecular formula is C13H23N3O3S. The van der Waals surface area contributed by atoms with Crippen molar-refractivity contribution in [3.8, 4) is 0 Å². The first-order valence-electron chi connectivity index (χ1n) is 6.94.